The lowest BCUT2D eigenvalue weighted by Crippen LogP contribution is -2.17. The fourth-order valence-electron chi connectivity index (χ4n) is 1.40. The summed E-state index contributed by atoms with van der Waals surface area (Å²) in [6.07, 6.45) is 1.93. The number of hydrogen-bond donors (Lipinski definition) is 2. The molecule has 1 aromatic heterocycles. The normalized spacial score (nSPS) is 10.6. The van der Waals surface area contributed by atoms with Crippen molar-refractivity contribution in [3.05, 3.63) is 41.8 Å². The molecular formula is C11H12FN3O2. The van der Waals surface area contributed by atoms with Crippen LogP contribution in [-0.4, -0.2) is 21.8 Å². The van der Waals surface area contributed by atoms with E-state index in [9.17, 15) is 4.39 Å². The van der Waals surface area contributed by atoms with Gasteiger partial charge >= 0.3 is 0 Å². The van der Waals surface area contributed by atoms with Gasteiger partial charge in [-0.3, -0.25) is 0 Å². The molecule has 0 amide bonds. The predicted molar refractivity (Wildman–Crippen MR) is 57.8 cm³/mol. The third kappa shape index (κ3) is 3.25. The molecule has 1 heterocycles. The van der Waals surface area contributed by atoms with Gasteiger partial charge in [-0.2, -0.15) is 4.98 Å². The summed E-state index contributed by atoms with van der Waals surface area (Å²) in [5.41, 5.74) is 0.772. The van der Waals surface area contributed by atoms with Crippen LogP contribution >= 0.6 is 0 Å². The molecule has 0 spiro atoms. The smallest absolute Gasteiger partial charge is 0.213 e. The van der Waals surface area contributed by atoms with Crippen LogP contribution in [0.1, 0.15) is 11.4 Å². The van der Waals surface area contributed by atoms with E-state index in [-0.39, 0.29) is 5.75 Å². The largest absolute Gasteiger partial charge is 0.505 e. The number of aromatic nitrogens is 2. The maximum atomic E-state index is 13.0. The number of aromatic hydroxyl groups is 1. The first-order valence-electron chi connectivity index (χ1n) is 5.19. The number of phenolic OH excluding ortho intramolecular Hbond substituents is 1. The molecule has 0 saturated carbocycles. The molecule has 0 aliphatic carbocycles. The van der Waals surface area contributed by atoms with E-state index in [0.29, 0.717) is 25.3 Å². The minimum atomic E-state index is -0.609. The van der Waals surface area contributed by atoms with Gasteiger partial charge < -0.3 is 14.9 Å². The van der Waals surface area contributed by atoms with Crippen LogP contribution in [0.25, 0.3) is 0 Å². The Morgan fingerprint density at radius 3 is 3.00 bits per heavy atom. The molecule has 90 valence electrons. The summed E-state index contributed by atoms with van der Waals surface area (Å²) in [4.78, 5) is 3.88. The lowest BCUT2D eigenvalue weighted by molar-refractivity contribution is 0.409. The van der Waals surface area contributed by atoms with Crippen molar-refractivity contribution >= 4 is 0 Å². The fourth-order valence-corrected chi connectivity index (χ4v) is 1.40. The number of rotatable bonds is 5. The van der Waals surface area contributed by atoms with Gasteiger partial charge in [0.1, 0.15) is 0 Å². The first kappa shape index (κ1) is 11.5. The summed E-state index contributed by atoms with van der Waals surface area (Å²) in [5.74, 6) is -0.308. The van der Waals surface area contributed by atoms with Crippen LogP contribution in [0.15, 0.2) is 29.1 Å². The van der Waals surface area contributed by atoms with Gasteiger partial charge in [0.15, 0.2) is 17.4 Å². The van der Waals surface area contributed by atoms with Crippen molar-refractivity contribution in [2.45, 2.75) is 13.0 Å². The highest BCUT2D eigenvalue weighted by Crippen LogP contribution is 2.15. The van der Waals surface area contributed by atoms with E-state index in [1.54, 1.807) is 6.07 Å². The maximum Gasteiger partial charge on any atom is 0.213 e. The first-order valence-corrected chi connectivity index (χ1v) is 5.19. The van der Waals surface area contributed by atoms with E-state index < -0.39 is 5.82 Å². The topological polar surface area (TPSA) is 71.2 Å². The van der Waals surface area contributed by atoms with Crippen LogP contribution in [0.5, 0.6) is 5.75 Å². The number of benzene rings is 1. The van der Waals surface area contributed by atoms with E-state index >= 15 is 0 Å². The van der Waals surface area contributed by atoms with E-state index in [4.69, 9.17) is 5.11 Å². The molecular weight excluding hydrogens is 225 g/mol. The predicted octanol–water partition coefficient (Wildman–Crippen LogP) is 1.25. The van der Waals surface area contributed by atoms with Gasteiger partial charge in [0.2, 0.25) is 6.39 Å². The van der Waals surface area contributed by atoms with E-state index in [0.717, 1.165) is 5.56 Å². The Hall–Kier alpha value is -1.95. The molecule has 2 N–H and O–H groups in total. The Morgan fingerprint density at radius 2 is 2.29 bits per heavy atom. The molecule has 0 atom stereocenters. The third-order valence-corrected chi connectivity index (χ3v) is 2.27. The van der Waals surface area contributed by atoms with Crippen molar-refractivity contribution in [1.29, 1.82) is 0 Å². The van der Waals surface area contributed by atoms with Crippen LogP contribution in [0.2, 0.25) is 0 Å². The second-order valence-electron chi connectivity index (χ2n) is 3.56. The van der Waals surface area contributed by atoms with E-state index in [1.165, 1.54) is 18.5 Å². The van der Waals surface area contributed by atoms with Crippen LogP contribution in [0, 0.1) is 5.82 Å². The van der Waals surface area contributed by atoms with Gasteiger partial charge in [-0.15, -0.1) is 0 Å². The summed E-state index contributed by atoms with van der Waals surface area (Å²) in [6, 6.07) is 4.31. The molecule has 0 aliphatic rings. The van der Waals surface area contributed by atoms with Crippen molar-refractivity contribution in [1.82, 2.24) is 15.5 Å². The third-order valence-electron chi connectivity index (χ3n) is 2.27. The highest BCUT2D eigenvalue weighted by atomic mass is 19.1. The van der Waals surface area contributed by atoms with Crippen molar-refractivity contribution in [2.24, 2.45) is 0 Å². The lowest BCUT2D eigenvalue weighted by Gasteiger charge is -2.04. The molecule has 0 aliphatic heterocycles. The van der Waals surface area contributed by atoms with Crippen LogP contribution < -0.4 is 5.32 Å². The standard InChI is InChI=1S/C11H12FN3O2/c12-9-5-8(1-2-10(9)16)6-13-4-3-11-14-7-17-15-11/h1-2,5,7,13,16H,3-4,6H2. The van der Waals surface area contributed by atoms with Crippen LogP contribution in [-0.2, 0) is 13.0 Å². The molecule has 0 saturated heterocycles. The number of nitrogens with one attached hydrogen (secondary N) is 1. The molecule has 2 rings (SSSR count). The summed E-state index contributed by atoms with van der Waals surface area (Å²) in [5, 5.41) is 15.8. The van der Waals surface area contributed by atoms with Gasteiger partial charge in [-0.1, -0.05) is 11.2 Å². The van der Waals surface area contributed by atoms with Gasteiger partial charge in [-0.25, -0.2) is 4.39 Å². The van der Waals surface area contributed by atoms with Crippen molar-refractivity contribution in [3.8, 4) is 5.75 Å². The zero-order valence-electron chi connectivity index (χ0n) is 9.06. The highest BCUT2D eigenvalue weighted by molar-refractivity contribution is 5.27. The van der Waals surface area contributed by atoms with Crippen molar-refractivity contribution in [2.75, 3.05) is 6.54 Å². The summed E-state index contributed by atoms with van der Waals surface area (Å²) in [6.45, 7) is 1.19. The quantitative estimate of drug-likeness (QED) is 0.766. The Morgan fingerprint density at radius 1 is 1.41 bits per heavy atom. The second-order valence-corrected chi connectivity index (χ2v) is 3.56. The first-order chi connectivity index (χ1) is 8.25. The Labute approximate surface area is 97.3 Å². The molecule has 0 fully saturated rings. The molecule has 6 heteroatoms. The van der Waals surface area contributed by atoms with E-state index in [2.05, 4.69) is 20.0 Å². The van der Waals surface area contributed by atoms with Crippen LogP contribution in [0.4, 0.5) is 4.39 Å². The maximum absolute atomic E-state index is 13.0. The number of halogens is 1. The van der Waals surface area contributed by atoms with Gasteiger partial charge in [0, 0.05) is 19.5 Å². The average Bonchev–Trinajstić information content (AvgIpc) is 2.82. The molecule has 0 unspecified atom stereocenters. The Kier molecular flexibility index (Phi) is 3.66. The van der Waals surface area contributed by atoms with Crippen molar-refractivity contribution in [3.63, 3.8) is 0 Å². The number of hydrogen-bond acceptors (Lipinski definition) is 5. The molecule has 1 aromatic carbocycles. The minimum absolute atomic E-state index is 0.333. The molecule has 5 nitrogen and oxygen atoms in total. The molecule has 17 heavy (non-hydrogen) atoms. The van der Waals surface area contributed by atoms with Gasteiger partial charge in [0.25, 0.3) is 0 Å². The summed E-state index contributed by atoms with van der Waals surface area (Å²) >= 11 is 0. The number of phenols is 1. The van der Waals surface area contributed by atoms with Gasteiger partial charge in [0.05, 0.1) is 0 Å². The molecule has 2 aromatic rings. The summed E-state index contributed by atoms with van der Waals surface area (Å²) < 4.78 is 17.6. The molecule has 0 bridgehead atoms. The Balaban J connectivity index is 1.76. The number of nitrogens with zero attached hydrogens (tertiary/aromatic N) is 2. The van der Waals surface area contributed by atoms with Crippen molar-refractivity contribution < 1.29 is 14.0 Å². The van der Waals surface area contributed by atoms with Gasteiger partial charge in [-0.05, 0) is 17.7 Å². The highest BCUT2D eigenvalue weighted by Gasteiger charge is 2.02. The lowest BCUT2D eigenvalue weighted by atomic mass is 10.2. The SMILES string of the molecule is Oc1ccc(CNCCc2ncon2)cc1F. The summed E-state index contributed by atoms with van der Waals surface area (Å²) in [7, 11) is 0. The average molecular weight is 237 g/mol. The zero-order chi connectivity index (χ0) is 12.1. The van der Waals surface area contributed by atoms with E-state index in [1.807, 2.05) is 0 Å². The monoisotopic (exact) mass is 237 g/mol. The minimum Gasteiger partial charge on any atom is -0.505 e. The molecule has 0 radical (unpaired) electrons. The zero-order valence-corrected chi connectivity index (χ0v) is 9.06. The second kappa shape index (κ2) is 5.40. The fraction of sp³-hybridized carbons (Fsp3) is 0.273. The van der Waals surface area contributed by atoms with Crippen LogP contribution in [0.3, 0.4) is 0 Å². The Bertz CT molecular complexity index is 474.